The SMILES string of the molecule is CC(=O)Oc1cccc2c1[nH]c1c2c2cc(O)ccc2n1-c1cnon1. The number of aromatic amines is 1. The van der Waals surface area contributed by atoms with Crippen molar-refractivity contribution in [3.05, 3.63) is 42.6 Å². The molecule has 0 aliphatic rings. The zero-order valence-electron chi connectivity index (χ0n) is 13.6. The number of H-pyrrole nitrogens is 1. The van der Waals surface area contributed by atoms with Gasteiger partial charge >= 0.3 is 5.97 Å². The fourth-order valence-electron chi connectivity index (χ4n) is 3.39. The number of hydrogen-bond acceptors (Lipinski definition) is 6. The molecule has 0 radical (unpaired) electrons. The van der Waals surface area contributed by atoms with Crippen LogP contribution in [0, 0.1) is 0 Å². The number of aromatic hydroxyl groups is 1. The van der Waals surface area contributed by atoms with Gasteiger partial charge < -0.3 is 14.8 Å². The van der Waals surface area contributed by atoms with E-state index in [9.17, 15) is 9.90 Å². The summed E-state index contributed by atoms with van der Waals surface area (Å²) in [6, 6.07) is 10.6. The number of phenolic OH excluding ortho intramolecular Hbond substituents is 1. The molecule has 5 rings (SSSR count). The minimum absolute atomic E-state index is 0.153. The highest BCUT2D eigenvalue weighted by molar-refractivity contribution is 6.22. The maximum absolute atomic E-state index is 11.4. The first-order chi connectivity index (χ1) is 12.6. The number of nitrogens with one attached hydrogen (secondary N) is 1. The Labute approximate surface area is 145 Å². The number of rotatable bonds is 2. The summed E-state index contributed by atoms with van der Waals surface area (Å²) >= 11 is 0. The van der Waals surface area contributed by atoms with Crippen molar-refractivity contribution in [1.82, 2.24) is 19.9 Å². The standard InChI is InChI=1S/C18H12N4O4/c1-9(23)25-14-4-2-3-11-16-12-7-10(24)5-6-13(12)22(15-8-19-26-21-15)18(16)20-17(11)14/h2-8,20,24H,1H3. The van der Waals surface area contributed by atoms with E-state index in [1.165, 1.54) is 13.1 Å². The highest BCUT2D eigenvalue weighted by Crippen LogP contribution is 2.40. The summed E-state index contributed by atoms with van der Waals surface area (Å²) in [7, 11) is 0. The molecule has 3 aromatic heterocycles. The van der Waals surface area contributed by atoms with Crippen LogP contribution >= 0.6 is 0 Å². The second-order valence-corrected chi connectivity index (χ2v) is 5.92. The third-order valence-electron chi connectivity index (χ3n) is 4.32. The Hall–Kier alpha value is -3.81. The molecule has 0 saturated heterocycles. The first-order valence-electron chi connectivity index (χ1n) is 7.87. The number of aromatic nitrogens is 4. The van der Waals surface area contributed by atoms with E-state index in [2.05, 4.69) is 15.3 Å². The predicted octanol–water partition coefficient (Wildman–Crippen LogP) is 3.28. The van der Waals surface area contributed by atoms with Gasteiger partial charge in [0, 0.05) is 23.1 Å². The first kappa shape index (κ1) is 14.5. The number of hydrogen-bond donors (Lipinski definition) is 2. The van der Waals surface area contributed by atoms with Crippen LogP contribution in [0.3, 0.4) is 0 Å². The van der Waals surface area contributed by atoms with Crippen molar-refractivity contribution in [2.45, 2.75) is 6.92 Å². The largest absolute Gasteiger partial charge is 0.508 e. The van der Waals surface area contributed by atoms with E-state index >= 15 is 0 Å². The summed E-state index contributed by atoms with van der Waals surface area (Å²) in [4.78, 5) is 14.7. The van der Waals surface area contributed by atoms with Crippen LogP contribution in [-0.4, -0.2) is 30.9 Å². The highest BCUT2D eigenvalue weighted by atomic mass is 16.6. The molecule has 0 fully saturated rings. The van der Waals surface area contributed by atoms with Crippen LogP contribution in [0.15, 0.2) is 47.2 Å². The van der Waals surface area contributed by atoms with Crippen molar-refractivity contribution < 1.29 is 19.3 Å². The summed E-state index contributed by atoms with van der Waals surface area (Å²) < 4.78 is 11.9. The fraction of sp³-hybridized carbons (Fsp3) is 0.0556. The molecule has 3 heterocycles. The van der Waals surface area contributed by atoms with Gasteiger partial charge in [-0.1, -0.05) is 17.3 Å². The lowest BCUT2D eigenvalue weighted by Crippen LogP contribution is -2.01. The predicted molar refractivity (Wildman–Crippen MR) is 93.5 cm³/mol. The van der Waals surface area contributed by atoms with Crippen LogP contribution in [0.5, 0.6) is 11.5 Å². The Morgan fingerprint density at radius 1 is 1.27 bits per heavy atom. The average Bonchev–Trinajstić information content (AvgIpc) is 3.29. The van der Waals surface area contributed by atoms with Crippen LogP contribution in [0.2, 0.25) is 0 Å². The van der Waals surface area contributed by atoms with Crippen LogP contribution in [0.4, 0.5) is 0 Å². The molecule has 128 valence electrons. The Kier molecular flexibility index (Phi) is 2.84. The summed E-state index contributed by atoms with van der Waals surface area (Å²) in [6.45, 7) is 1.36. The highest BCUT2D eigenvalue weighted by Gasteiger charge is 2.20. The van der Waals surface area contributed by atoms with Gasteiger partial charge in [0.2, 0.25) is 5.82 Å². The molecule has 0 unspecified atom stereocenters. The van der Waals surface area contributed by atoms with Crippen molar-refractivity contribution in [1.29, 1.82) is 0 Å². The molecular formula is C18H12N4O4. The van der Waals surface area contributed by atoms with Gasteiger partial charge in [0.15, 0.2) is 5.75 Å². The van der Waals surface area contributed by atoms with Crippen LogP contribution in [0.1, 0.15) is 6.92 Å². The monoisotopic (exact) mass is 348 g/mol. The molecular weight excluding hydrogens is 336 g/mol. The third-order valence-corrected chi connectivity index (χ3v) is 4.32. The van der Waals surface area contributed by atoms with Gasteiger partial charge in [0.05, 0.1) is 11.0 Å². The third kappa shape index (κ3) is 1.92. The molecule has 5 aromatic rings. The molecule has 8 heteroatoms. The van der Waals surface area contributed by atoms with Crippen molar-refractivity contribution in [3.8, 4) is 17.3 Å². The van der Waals surface area contributed by atoms with Crippen molar-refractivity contribution >= 4 is 38.8 Å². The molecule has 0 spiro atoms. The van der Waals surface area contributed by atoms with Gasteiger partial charge in [-0.25, -0.2) is 4.63 Å². The number of para-hydroxylation sites is 1. The Morgan fingerprint density at radius 3 is 2.92 bits per heavy atom. The number of phenols is 1. The lowest BCUT2D eigenvalue weighted by molar-refractivity contribution is -0.131. The number of nitrogens with zero attached hydrogens (tertiary/aromatic N) is 3. The normalized spacial score (nSPS) is 11.6. The summed E-state index contributed by atoms with van der Waals surface area (Å²) in [5.74, 6) is 0.684. The van der Waals surface area contributed by atoms with Gasteiger partial charge in [-0.15, -0.1) is 0 Å². The molecule has 2 aromatic carbocycles. The second kappa shape index (κ2) is 5.09. The van der Waals surface area contributed by atoms with Crippen molar-refractivity contribution in [3.63, 3.8) is 0 Å². The average molecular weight is 348 g/mol. The van der Waals surface area contributed by atoms with Crippen LogP contribution < -0.4 is 4.74 Å². The Bertz CT molecular complexity index is 1300. The zero-order valence-corrected chi connectivity index (χ0v) is 13.6. The quantitative estimate of drug-likeness (QED) is 0.374. The van der Waals surface area contributed by atoms with Gasteiger partial charge in [-0.2, -0.15) is 0 Å². The molecule has 0 aliphatic heterocycles. The lowest BCUT2D eigenvalue weighted by Gasteiger charge is -2.04. The van der Waals surface area contributed by atoms with E-state index in [0.29, 0.717) is 17.1 Å². The van der Waals surface area contributed by atoms with E-state index in [4.69, 9.17) is 9.37 Å². The number of esters is 1. The zero-order chi connectivity index (χ0) is 17.8. The molecule has 0 atom stereocenters. The summed E-state index contributed by atoms with van der Waals surface area (Å²) in [5.41, 5.74) is 2.25. The topological polar surface area (TPSA) is 106 Å². The number of fused-ring (bicyclic) bond motifs is 5. The first-order valence-corrected chi connectivity index (χ1v) is 7.87. The molecule has 0 aliphatic carbocycles. The minimum Gasteiger partial charge on any atom is -0.508 e. The number of carbonyl (C=O) groups excluding carboxylic acids is 1. The summed E-state index contributed by atoms with van der Waals surface area (Å²) in [6.07, 6.45) is 1.50. The van der Waals surface area contributed by atoms with Gasteiger partial charge in [-0.05, 0) is 29.4 Å². The molecule has 2 N–H and O–H groups in total. The number of carbonyl (C=O) groups is 1. The van der Waals surface area contributed by atoms with Crippen molar-refractivity contribution in [2.75, 3.05) is 0 Å². The van der Waals surface area contributed by atoms with Crippen LogP contribution in [0.25, 0.3) is 38.7 Å². The van der Waals surface area contributed by atoms with E-state index in [-0.39, 0.29) is 5.75 Å². The second-order valence-electron chi connectivity index (χ2n) is 5.92. The van der Waals surface area contributed by atoms with Crippen LogP contribution in [-0.2, 0) is 4.79 Å². The Balaban J connectivity index is 1.98. The van der Waals surface area contributed by atoms with E-state index < -0.39 is 5.97 Å². The maximum Gasteiger partial charge on any atom is 0.308 e. The van der Waals surface area contributed by atoms with Gasteiger partial charge in [0.1, 0.15) is 17.6 Å². The molecule has 0 bridgehead atoms. The molecule has 8 nitrogen and oxygen atoms in total. The molecule has 0 saturated carbocycles. The smallest absolute Gasteiger partial charge is 0.308 e. The van der Waals surface area contributed by atoms with Gasteiger partial charge in [0.25, 0.3) is 0 Å². The van der Waals surface area contributed by atoms with E-state index in [1.54, 1.807) is 24.3 Å². The van der Waals surface area contributed by atoms with Gasteiger partial charge in [-0.3, -0.25) is 9.36 Å². The Morgan fingerprint density at radius 2 is 2.15 bits per heavy atom. The minimum atomic E-state index is -0.400. The van der Waals surface area contributed by atoms with E-state index in [1.807, 2.05) is 16.7 Å². The number of ether oxygens (including phenoxy) is 1. The number of benzene rings is 2. The maximum atomic E-state index is 11.4. The van der Waals surface area contributed by atoms with E-state index in [0.717, 1.165) is 27.3 Å². The van der Waals surface area contributed by atoms with Crippen molar-refractivity contribution in [2.24, 2.45) is 0 Å². The fourth-order valence-corrected chi connectivity index (χ4v) is 3.39. The molecule has 26 heavy (non-hydrogen) atoms. The summed E-state index contributed by atoms with van der Waals surface area (Å²) in [5, 5.41) is 20.2. The lowest BCUT2D eigenvalue weighted by atomic mass is 10.1. The molecule has 0 amide bonds.